The van der Waals surface area contributed by atoms with Gasteiger partial charge in [0.25, 0.3) is 0 Å². The van der Waals surface area contributed by atoms with Crippen LogP contribution in [0.5, 0.6) is 0 Å². The van der Waals surface area contributed by atoms with Gasteiger partial charge in [0.15, 0.2) is 0 Å². The Bertz CT molecular complexity index is 2750. The predicted molar refractivity (Wildman–Crippen MR) is 212 cm³/mol. The lowest BCUT2D eigenvalue weighted by Crippen LogP contribution is -2.15. The highest BCUT2D eigenvalue weighted by Crippen LogP contribution is 2.51. The van der Waals surface area contributed by atoms with Crippen molar-refractivity contribution in [3.8, 4) is 22.3 Å². The quantitative estimate of drug-likeness (QED) is 0.173. The second-order valence-electron chi connectivity index (χ2n) is 13.7. The molecule has 2 heteroatoms. The first-order valence-corrected chi connectivity index (χ1v) is 17.8. The van der Waals surface area contributed by atoms with Crippen LogP contribution in [0.15, 0.2) is 164 Å². The molecule has 0 atom stereocenters. The molecule has 1 aliphatic rings. The normalized spacial score (nSPS) is 13.3. The first kappa shape index (κ1) is 28.3. The Labute approximate surface area is 290 Å². The van der Waals surface area contributed by atoms with Crippen molar-refractivity contribution >= 4 is 70.1 Å². The van der Waals surface area contributed by atoms with E-state index in [-0.39, 0.29) is 5.41 Å². The molecule has 9 aromatic rings. The van der Waals surface area contributed by atoms with Gasteiger partial charge in [-0.25, -0.2) is 0 Å². The molecule has 49 heavy (non-hydrogen) atoms. The number of para-hydroxylation sites is 1. The lowest BCUT2D eigenvalue weighted by atomic mass is 9.82. The maximum atomic E-state index is 2.47. The molecule has 0 spiro atoms. The van der Waals surface area contributed by atoms with Crippen LogP contribution in [0.2, 0.25) is 0 Å². The van der Waals surface area contributed by atoms with Gasteiger partial charge in [-0.15, -0.1) is 11.3 Å². The molecule has 0 amide bonds. The van der Waals surface area contributed by atoms with Gasteiger partial charge < -0.3 is 4.90 Å². The van der Waals surface area contributed by atoms with E-state index in [0.717, 1.165) is 17.1 Å². The molecule has 10 rings (SSSR count). The highest BCUT2D eigenvalue weighted by Gasteiger charge is 2.35. The van der Waals surface area contributed by atoms with Gasteiger partial charge in [0.05, 0.1) is 5.69 Å². The minimum atomic E-state index is -0.0469. The molecule has 0 saturated carbocycles. The third-order valence-electron chi connectivity index (χ3n) is 10.6. The van der Waals surface area contributed by atoms with Crippen molar-refractivity contribution in [2.75, 3.05) is 4.90 Å². The van der Waals surface area contributed by atoms with Crippen LogP contribution in [0.4, 0.5) is 17.1 Å². The van der Waals surface area contributed by atoms with Crippen LogP contribution in [0.1, 0.15) is 25.0 Å². The molecule has 0 saturated heterocycles. The third kappa shape index (κ3) is 4.24. The van der Waals surface area contributed by atoms with Crippen LogP contribution in [0.3, 0.4) is 0 Å². The summed E-state index contributed by atoms with van der Waals surface area (Å²) in [7, 11) is 0. The smallest absolute Gasteiger partial charge is 0.0540 e. The van der Waals surface area contributed by atoms with Crippen molar-refractivity contribution in [3.05, 3.63) is 175 Å². The summed E-state index contributed by atoms with van der Waals surface area (Å²) in [5.74, 6) is 0. The fraction of sp³-hybridized carbons (Fsp3) is 0.0638. The topological polar surface area (TPSA) is 3.24 Å². The predicted octanol–water partition coefficient (Wildman–Crippen LogP) is 13.8. The molecule has 0 unspecified atom stereocenters. The van der Waals surface area contributed by atoms with Crippen LogP contribution < -0.4 is 4.90 Å². The Morgan fingerprint density at radius 2 is 1.12 bits per heavy atom. The molecule has 1 nitrogen and oxygen atoms in total. The summed E-state index contributed by atoms with van der Waals surface area (Å²) in [5.41, 5.74) is 11.2. The zero-order valence-corrected chi connectivity index (χ0v) is 28.3. The molecular formula is C47H33NS. The van der Waals surface area contributed by atoms with Crippen molar-refractivity contribution in [1.82, 2.24) is 0 Å². The van der Waals surface area contributed by atoms with Crippen molar-refractivity contribution < 1.29 is 0 Å². The number of benzene rings is 8. The summed E-state index contributed by atoms with van der Waals surface area (Å²) in [4.78, 5) is 2.47. The van der Waals surface area contributed by atoms with Gasteiger partial charge in [-0.2, -0.15) is 0 Å². The number of hydrogen-bond donors (Lipinski definition) is 0. The second-order valence-corrected chi connectivity index (χ2v) is 14.8. The molecule has 0 aliphatic heterocycles. The van der Waals surface area contributed by atoms with Crippen molar-refractivity contribution in [2.24, 2.45) is 0 Å². The average Bonchev–Trinajstić information content (AvgIpc) is 3.64. The van der Waals surface area contributed by atoms with E-state index in [1.54, 1.807) is 0 Å². The van der Waals surface area contributed by atoms with Crippen LogP contribution in [0, 0.1) is 0 Å². The first-order chi connectivity index (χ1) is 24.1. The summed E-state index contributed by atoms with van der Waals surface area (Å²) >= 11 is 1.91. The van der Waals surface area contributed by atoms with Gasteiger partial charge in [-0.05, 0) is 80.4 Å². The zero-order chi connectivity index (χ0) is 32.7. The Morgan fingerprint density at radius 3 is 2.02 bits per heavy atom. The van der Waals surface area contributed by atoms with Crippen molar-refractivity contribution in [2.45, 2.75) is 19.3 Å². The van der Waals surface area contributed by atoms with E-state index in [4.69, 9.17) is 0 Å². The van der Waals surface area contributed by atoms with Gasteiger partial charge in [0, 0.05) is 47.9 Å². The van der Waals surface area contributed by atoms with E-state index >= 15 is 0 Å². The molecule has 8 aromatic carbocycles. The van der Waals surface area contributed by atoms with E-state index in [1.807, 2.05) is 11.3 Å². The summed E-state index contributed by atoms with van der Waals surface area (Å²) in [6.45, 7) is 4.70. The molecule has 1 aliphatic carbocycles. The Kier molecular flexibility index (Phi) is 6.16. The van der Waals surface area contributed by atoms with Crippen molar-refractivity contribution in [3.63, 3.8) is 0 Å². The number of fused-ring (bicyclic) bond motifs is 10. The fourth-order valence-corrected chi connectivity index (χ4v) is 9.52. The SMILES string of the molecule is CC1(C)c2ccccc2-c2cc(N(c3ccc4ccc5ccc6c7ccccc7sc6c5c4c3)c3ccccc3-c3ccccc3)ccc21. The summed E-state index contributed by atoms with van der Waals surface area (Å²) in [6, 6.07) is 60.6. The third-order valence-corrected chi connectivity index (χ3v) is 11.8. The summed E-state index contributed by atoms with van der Waals surface area (Å²) < 4.78 is 2.69. The Hall–Kier alpha value is -5.70. The van der Waals surface area contributed by atoms with Crippen LogP contribution in [0.25, 0.3) is 64.0 Å². The van der Waals surface area contributed by atoms with Crippen LogP contribution in [-0.4, -0.2) is 0 Å². The highest BCUT2D eigenvalue weighted by molar-refractivity contribution is 7.26. The number of rotatable bonds is 4. The van der Waals surface area contributed by atoms with Gasteiger partial charge >= 0.3 is 0 Å². The number of hydrogen-bond acceptors (Lipinski definition) is 2. The maximum absolute atomic E-state index is 2.47. The van der Waals surface area contributed by atoms with E-state index < -0.39 is 0 Å². The molecule has 1 aromatic heterocycles. The van der Waals surface area contributed by atoms with E-state index in [2.05, 4.69) is 183 Å². The number of thiophene rings is 1. The molecule has 0 fully saturated rings. The molecule has 232 valence electrons. The van der Waals surface area contributed by atoms with E-state index in [0.29, 0.717) is 0 Å². The zero-order valence-electron chi connectivity index (χ0n) is 27.4. The van der Waals surface area contributed by atoms with Crippen molar-refractivity contribution in [1.29, 1.82) is 0 Å². The van der Waals surface area contributed by atoms with Crippen LogP contribution >= 0.6 is 11.3 Å². The van der Waals surface area contributed by atoms with E-state index in [1.165, 1.54) is 75.1 Å². The maximum Gasteiger partial charge on any atom is 0.0540 e. The Balaban J connectivity index is 1.26. The van der Waals surface area contributed by atoms with Gasteiger partial charge in [0.1, 0.15) is 0 Å². The minimum absolute atomic E-state index is 0.0469. The number of nitrogens with zero attached hydrogens (tertiary/aromatic N) is 1. The van der Waals surface area contributed by atoms with Gasteiger partial charge in [-0.3, -0.25) is 0 Å². The van der Waals surface area contributed by atoms with Gasteiger partial charge in [0.2, 0.25) is 0 Å². The first-order valence-electron chi connectivity index (χ1n) is 17.0. The molecular weight excluding hydrogens is 611 g/mol. The molecule has 1 heterocycles. The molecule has 0 N–H and O–H groups in total. The largest absolute Gasteiger partial charge is 0.310 e. The van der Waals surface area contributed by atoms with Gasteiger partial charge in [-0.1, -0.05) is 141 Å². The number of anilines is 3. The molecule has 0 radical (unpaired) electrons. The lowest BCUT2D eigenvalue weighted by Gasteiger charge is -2.29. The minimum Gasteiger partial charge on any atom is -0.310 e. The Morgan fingerprint density at radius 1 is 0.469 bits per heavy atom. The summed E-state index contributed by atoms with van der Waals surface area (Å²) in [6.07, 6.45) is 0. The van der Waals surface area contributed by atoms with E-state index in [9.17, 15) is 0 Å². The second kappa shape index (κ2) is 10.7. The molecule has 0 bridgehead atoms. The highest BCUT2D eigenvalue weighted by atomic mass is 32.1. The van der Waals surface area contributed by atoms with Crippen LogP contribution in [-0.2, 0) is 5.41 Å². The standard InChI is InChI=1S/C47H33NS/c1-47(2)41-17-9-6-15-36(41)40-29-34(25-27-42(40)47)48(43-18-10-7-14-35(43)30-12-4-3-5-13-30)33-24-22-31-20-21-32-23-26-38-37-16-8-11-19-44(37)49-46(38)45(32)39(31)28-33/h3-29H,1-2H3. The average molecular weight is 644 g/mol. The summed E-state index contributed by atoms with van der Waals surface area (Å²) in [5, 5.41) is 7.80. The lowest BCUT2D eigenvalue weighted by molar-refractivity contribution is 0.660. The fourth-order valence-electron chi connectivity index (χ4n) is 8.25. The monoisotopic (exact) mass is 643 g/mol.